The Kier molecular flexibility index (Phi) is 5.17. The second kappa shape index (κ2) is 6.21. The smallest absolute Gasteiger partial charge is 0.329 e. The Morgan fingerprint density at radius 3 is 2.22 bits per heavy atom. The molecule has 0 aliphatic heterocycles. The minimum Gasteiger partial charge on any atom is -0.480 e. The van der Waals surface area contributed by atoms with Gasteiger partial charge < -0.3 is 10.4 Å². The van der Waals surface area contributed by atoms with Crippen LogP contribution in [0.1, 0.15) is 59.3 Å². The van der Waals surface area contributed by atoms with Crippen LogP contribution in [0.5, 0.6) is 0 Å². The maximum Gasteiger partial charge on any atom is 0.329 e. The number of carboxylic acid groups (broad SMARTS) is 1. The molecule has 2 N–H and O–H groups in total. The molecule has 1 aliphatic rings. The highest BCUT2D eigenvalue weighted by molar-refractivity contribution is 5.87. The van der Waals surface area contributed by atoms with E-state index in [-0.39, 0.29) is 5.91 Å². The van der Waals surface area contributed by atoms with Gasteiger partial charge >= 0.3 is 5.97 Å². The molecule has 4 nitrogen and oxygen atoms in total. The van der Waals surface area contributed by atoms with Crippen LogP contribution >= 0.6 is 0 Å². The molecule has 0 bridgehead atoms. The van der Waals surface area contributed by atoms with E-state index in [1.165, 1.54) is 0 Å². The van der Waals surface area contributed by atoms with Crippen LogP contribution in [0.15, 0.2) is 0 Å². The van der Waals surface area contributed by atoms with Gasteiger partial charge in [0.1, 0.15) is 5.54 Å². The number of carbonyl (C=O) groups is 2. The summed E-state index contributed by atoms with van der Waals surface area (Å²) in [5, 5.41) is 12.1. The Labute approximate surface area is 109 Å². The first kappa shape index (κ1) is 15.0. The number of carboxylic acids is 1. The Morgan fingerprint density at radius 2 is 1.83 bits per heavy atom. The summed E-state index contributed by atoms with van der Waals surface area (Å²) >= 11 is 0. The van der Waals surface area contributed by atoms with Gasteiger partial charge in [-0.25, -0.2) is 4.79 Å². The number of nitrogens with one attached hydrogen (secondary N) is 1. The van der Waals surface area contributed by atoms with Gasteiger partial charge in [-0.05, 0) is 24.7 Å². The summed E-state index contributed by atoms with van der Waals surface area (Å²) < 4.78 is 0. The largest absolute Gasteiger partial charge is 0.480 e. The van der Waals surface area contributed by atoms with Crippen molar-refractivity contribution in [2.75, 3.05) is 0 Å². The SMILES string of the molecule is CCC(CC(=O)NC1(C(=O)O)CCCC1)C(C)C. The number of rotatable bonds is 6. The molecule has 0 spiro atoms. The van der Waals surface area contributed by atoms with Gasteiger partial charge in [-0.3, -0.25) is 4.79 Å². The van der Waals surface area contributed by atoms with Crippen molar-refractivity contribution >= 4 is 11.9 Å². The van der Waals surface area contributed by atoms with Gasteiger partial charge in [-0.1, -0.05) is 40.0 Å². The van der Waals surface area contributed by atoms with Crippen LogP contribution in [-0.2, 0) is 9.59 Å². The molecule has 0 heterocycles. The van der Waals surface area contributed by atoms with E-state index in [4.69, 9.17) is 0 Å². The van der Waals surface area contributed by atoms with E-state index in [1.807, 2.05) is 0 Å². The zero-order chi connectivity index (χ0) is 13.8. The van der Waals surface area contributed by atoms with Crippen molar-refractivity contribution in [2.24, 2.45) is 11.8 Å². The van der Waals surface area contributed by atoms with E-state index >= 15 is 0 Å². The quantitative estimate of drug-likeness (QED) is 0.766. The predicted octanol–water partition coefficient (Wildman–Crippen LogP) is 2.57. The van der Waals surface area contributed by atoms with E-state index < -0.39 is 11.5 Å². The summed E-state index contributed by atoms with van der Waals surface area (Å²) in [5.74, 6) is -0.215. The van der Waals surface area contributed by atoms with Crippen molar-refractivity contribution in [1.82, 2.24) is 5.32 Å². The average molecular weight is 255 g/mol. The fourth-order valence-corrected chi connectivity index (χ4v) is 2.78. The topological polar surface area (TPSA) is 66.4 Å². The first-order valence-electron chi connectivity index (χ1n) is 6.95. The number of amides is 1. The van der Waals surface area contributed by atoms with Gasteiger partial charge in [0.25, 0.3) is 0 Å². The van der Waals surface area contributed by atoms with Gasteiger partial charge in [0.05, 0.1) is 0 Å². The lowest BCUT2D eigenvalue weighted by atomic mass is 9.89. The van der Waals surface area contributed by atoms with Crippen LogP contribution < -0.4 is 5.32 Å². The molecule has 0 saturated heterocycles. The Balaban J connectivity index is 2.60. The molecule has 104 valence electrons. The van der Waals surface area contributed by atoms with E-state index in [2.05, 4.69) is 26.1 Å². The maximum absolute atomic E-state index is 12.0. The molecule has 1 aliphatic carbocycles. The van der Waals surface area contributed by atoms with Gasteiger partial charge in [-0.2, -0.15) is 0 Å². The zero-order valence-corrected chi connectivity index (χ0v) is 11.7. The summed E-state index contributed by atoms with van der Waals surface area (Å²) in [6.45, 7) is 6.27. The molecule has 0 radical (unpaired) electrons. The van der Waals surface area contributed by atoms with Crippen LogP contribution in [0, 0.1) is 11.8 Å². The summed E-state index contributed by atoms with van der Waals surface area (Å²) in [5.41, 5.74) is -0.994. The highest BCUT2D eigenvalue weighted by Crippen LogP contribution is 2.30. The summed E-state index contributed by atoms with van der Waals surface area (Å²) in [6, 6.07) is 0. The summed E-state index contributed by atoms with van der Waals surface area (Å²) in [6.07, 6.45) is 4.27. The molecule has 1 rings (SSSR count). The van der Waals surface area contributed by atoms with Crippen molar-refractivity contribution in [1.29, 1.82) is 0 Å². The standard InChI is InChI=1S/C14H25NO3/c1-4-11(10(2)3)9-12(16)15-14(13(17)18)7-5-6-8-14/h10-11H,4-9H2,1-3H3,(H,15,16)(H,17,18). The molecule has 0 aromatic heterocycles. The lowest BCUT2D eigenvalue weighted by Gasteiger charge is -2.27. The van der Waals surface area contributed by atoms with E-state index in [1.54, 1.807) is 0 Å². The highest BCUT2D eigenvalue weighted by atomic mass is 16.4. The van der Waals surface area contributed by atoms with Crippen LogP contribution in [0.25, 0.3) is 0 Å². The third-order valence-corrected chi connectivity index (χ3v) is 4.16. The molecule has 1 fully saturated rings. The Morgan fingerprint density at radius 1 is 1.28 bits per heavy atom. The molecular formula is C14H25NO3. The highest BCUT2D eigenvalue weighted by Gasteiger charge is 2.42. The van der Waals surface area contributed by atoms with Crippen molar-refractivity contribution < 1.29 is 14.7 Å². The molecule has 1 unspecified atom stereocenters. The second-order valence-electron chi connectivity index (χ2n) is 5.76. The van der Waals surface area contributed by atoms with Gasteiger partial charge in [0.15, 0.2) is 0 Å². The van der Waals surface area contributed by atoms with Gasteiger partial charge in [0.2, 0.25) is 5.91 Å². The van der Waals surface area contributed by atoms with Gasteiger partial charge in [0, 0.05) is 6.42 Å². The van der Waals surface area contributed by atoms with Crippen LogP contribution in [0.4, 0.5) is 0 Å². The number of aliphatic carboxylic acids is 1. The fraction of sp³-hybridized carbons (Fsp3) is 0.857. The predicted molar refractivity (Wildman–Crippen MR) is 70.2 cm³/mol. The van der Waals surface area contributed by atoms with Crippen molar-refractivity contribution in [3.8, 4) is 0 Å². The third kappa shape index (κ3) is 3.47. The molecule has 0 aromatic rings. The maximum atomic E-state index is 12.0. The van der Waals surface area contributed by atoms with Crippen molar-refractivity contribution in [3.63, 3.8) is 0 Å². The molecule has 0 aromatic carbocycles. The monoisotopic (exact) mass is 255 g/mol. The van der Waals surface area contributed by atoms with Crippen LogP contribution in [0.3, 0.4) is 0 Å². The Bertz CT molecular complexity index is 306. The molecule has 18 heavy (non-hydrogen) atoms. The van der Waals surface area contributed by atoms with Gasteiger partial charge in [-0.15, -0.1) is 0 Å². The first-order valence-corrected chi connectivity index (χ1v) is 6.95. The van der Waals surface area contributed by atoms with Crippen molar-refractivity contribution in [2.45, 2.75) is 64.8 Å². The summed E-state index contributed by atoms with van der Waals surface area (Å²) in [4.78, 5) is 23.3. The Hall–Kier alpha value is -1.06. The molecule has 1 saturated carbocycles. The zero-order valence-electron chi connectivity index (χ0n) is 11.7. The molecular weight excluding hydrogens is 230 g/mol. The minimum absolute atomic E-state index is 0.111. The van der Waals surface area contributed by atoms with Crippen LogP contribution in [0.2, 0.25) is 0 Å². The fourth-order valence-electron chi connectivity index (χ4n) is 2.78. The first-order chi connectivity index (χ1) is 8.41. The molecule has 4 heteroatoms. The minimum atomic E-state index is -0.994. The summed E-state index contributed by atoms with van der Waals surface area (Å²) in [7, 11) is 0. The third-order valence-electron chi connectivity index (χ3n) is 4.16. The second-order valence-corrected chi connectivity index (χ2v) is 5.76. The molecule has 1 atom stereocenters. The lowest BCUT2D eigenvalue weighted by molar-refractivity contribution is -0.147. The van der Waals surface area contributed by atoms with Crippen molar-refractivity contribution in [3.05, 3.63) is 0 Å². The van der Waals surface area contributed by atoms with E-state index in [0.29, 0.717) is 31.1 Å². The number of carbonyl (C=O) groups excluding carboxylic acids is 1. The number of hydrogen-bond acceptors (Lipinski definition) is 2. The normalized spacial score (nSPS) is 19.8. The van der Waals surface area contributed by atoms with Crippen LogP contribution in [-0.4, -0.2) is 22.5 Å². The van der Waals surface area contributed by atoms with E-state index in [0.717, 1.165) is 19.3 Å². The van der Waals surface area contributed by atoms with E-state index in [9.17, 15) is 14.7 Å². The number of hydrogen-bond donors (Lipinski definition) is 2. The average Bonchev–Trinajstić information content (AvgIpc) is 2.75. The molecule has 1 amide bonds. The lowest BCUT2D eigenvalue weighted by Crippen LogP contribution is -2.52.